The maximum Gasteiger partial charge on any atom is 0.142 e. The second kappa shape index (κ2) is 6.70. The monoisotopic (exact) mass is 338 g/mol. The van der Waals surface area contributed by atoms with Crippen molar-refractivity contribution in [3.8, 4) is 11.8 Å². The number of nitrogens with one attached hydrogen (secondary N) is 2. The van der Waals surface area contributed by atoms with E-state index in [1.54, 1.807) is 7.11 Å². The summed E-state index contributed by atoms with van der Waals surface area (Å²) in [5.74, 6) is 0.927. The van der Waals surface area contributed by atoms with Crippen molar-refractivity contribution in [1.29, 1.82) is 5.26 Å². The fourth-order valence-electron chi connectivity index (χ4n) is 4.57. The molecule has 0 unspecified atom stereocenters. The molecule has 132 valence electrons. The Hall–Kier alpha value is -2.03. The van der Waals surface area contributed by atoms with Crippen molar-refractivity contribution in [3.05, 3.63) is 29.5 Å². The number of rotatable bonds is 4. The highest BCUT2D eigenvalue weighted by molar-refractivity contribution is 5.90. The topological polar surface area (TPSA) is 64.1 Å². The van der Waals surface area contributed by atoms with Crippen molar-refractivity contribution < 1.29 is 4.74 Å². The minimum atomic E-state index is 0.0589. The quantitative estimate of drug-likeness (QED) is 0.842. The number of likely N-dealkylation sites (tertiary alicyclic amines) is 1. The lowest BCUT2D eigenvalue weighted by molar-refractivity contribution is 0.126. The number of para-hydroxylation sites is 1. The molecular weight excluding hydrogens is 312 g/mol. The van der Waals surface area contributed by atoms with Gasteiger partial charge in [0.2, 0.25) is 0 Å². The molecule has 1 spiro atoms. The summed E-state index contributed by atoms with van der Waals surface area (Å²) >= 11 is 0. The molecular formula is C20H26N4O. The Balaban J connectivity index is 1.61. The summed E-state index contributed by atoms with van der Waals surface area (Å²) in [5, 5.41) is 13.9. The van der Waals surface area contributed by atoms with Gasteiger partial charge in [0.1, 0.15) is 5.75 Å². The molecule has 0 bridgehead atoms. The van der Waals surface area contributed by atoms with Gasteiger partial charge < -0.3 is 19.9 Å². The Morgan fingerprint density at radius 1 is 1.32 bits per heavy atom. The van der Waals surface area contributed by atoms with E-state index in [4.69, 9.17) is 10.00 Å². The first-order valence-electron chi connectivity index (χ1n) is 9.30. The summed E-state index contributed by atoms with van der Waals surface area (Å²) in [6.07, 6.45) is 4.93. The lowest BCUT2D eigenvalue weighted by Gasteiger charge is -2.45. The largest absolute Gasteiger partial charge is 0.495 e. The first kappa shape index (κ1) is 16.4. The Bertz CT molecular complexity index is 796. The summed E-state index contributed by atoms with van der Waals surface area (Å²) in [6, 6.07) is 8.57. The van der Waals surface area contributed by atoms with Gasteiger partial charge in [0, 0.05) is 37.1 Å². The number of aromatic nitrogens is 1. The molecule has 5 heteroatoms. The zero-order valence-corrected chi connectivity index (χ0v) is 14.9. The Morgan fingerprint density at radius 3 is 2.92 bits per heavy atom. The number of ether oxygens (including phenoxy) is 1. The Kier molecular flexibility index (Phi) is 4.41. The van der Waals surface area contributed by atoms with Crippen LogP contribution < -0.4 is 10.1 Å². The molecule has 2 N–H and O–H groups in total. The molecule has 1 aromatic heterocycles. The first-order valence-corrected chi connectivity index (χ1v) is 9.30. The van der Waals surface area contributed by atoms with Gasteiger partial charge in [-0.2, -0.15) is 5.26 Å². The average Bonchev–Trinajstić information content (AvgIpc) is 3.04. The smallest absolute Gasteiger partial charge is 0.142 e. The number of aromatic amines is 1. The molecule has 25 heavy (non-hydrogen) atoms. The predicted molar refractivity (Wildman–Crippen MR) is 98.8 cm³/mol. The highest BCUT2D eigenvalue weighted by atomic mass is 16.5. The van der Waals surface area contributed by atoms with Crippen LogP contribution in [0.15, 0.2) is 18.2 Å². The molecule has 5 nitrogen and oxygen atoms in total. The number of nitriles is 1. The van der Waals surface area contributed by atoms with Gasteiger partial charge in [-0.15, -0.1) is 0 Å². The van der Waals surface area contributed by atoms with E-state index in [1.807, 2.05) is 6.07 Å². The van der Waals surface area contributed by atoms with Crippen LogP contribution >= 0.6 is 0 Å². The molecule has 4 rings (SSSR count). The number of hydrogen-bond donors (Lipinski definition) is 2. The molecule has 1 aromatic carbocycles. The Labute approximate surface area is 149 Å². The van der Waals surface area contributed by atoms with Gasteiger partial charge in [0.25, 0.3) is 0 Å². The molecule has 0 aliphatic carbocycles. The summed E-state index contributed by atoms with van der Waals surface area (Å²) in [6.45, 7) is 4.25. The number of fused-ring (bicyclic) bond motifs is 4. The fraction of sp³-hybridized carbons (Fsp3) is 0.550. The van der Waals surface area contributed by atoms with E-state index >= 15 is 0 Å². The van der Waals surface area contributed by atoms with Crippen molar-refractivity contribution >= 4 is 10.9 Å². The van der Waals surface area contributed by atoms with Crippen molar-refractivity contribution in [2.45, 2.75) is 37.6 Å². The molecule has 2 aliphatic rings. The number of piperidine rings is 1. The van der Waals surface area contributed by atoms with Crippen molar-refractivity contribution in [1.82, 2.24) is 15.2 Å². The van der Waals surface area contributed by atoms with Crippen molar-refractivity contribution in [2.24, 2.45) is 0 Å². The van der Waals surface area contributed by atoms with Gasteiger partial charge in [0.05, 0.1) is 24.2 Å². The van der Waals surface area contributed by atoms with Crippen LogP contribution in [0.25, 0.3) is 10.9 Å². The highest BCUT2D eigenvalue weighted by Crippen LogP contribution is 2.41. The van der Waals surface area contributed by atoms with Crippen LogP contribution in [0.2, 0.25) is 0 Å². The van der Waals surface area contributed by atoms with Gasteiger partial charge in [-0.25, -0.2) is 0 Å². The van der Waals surface area contributed by atoms with E-state index in [9.17, 15) is 0 Å². The maximum absolute atomic E-state index is 8.72. The molecule has 1 saturated heterocycles. The molecule has 0 radical (unpaired) electrons. The van der Waals surface area contributed by atoms with Crippen LogP contribution in [0.4, 0.5) is 0 Å². The van der Waals surface area contributed by atoms with Gasteiger partial charge in [-0.3, -0.25) is 0 Å². The highest BCUT2D eigenvalue weighted by Gasteiger charge is 2.41. The normalized spacial score (nSPS) is 19.7. The first-order chi connectivity index (χ1) is 12.3. The fourth-order valence-corrected chi connectivity index (χ4v) is 4.57. The zero-order valence-electron chi connectivity index (χ0n) is 14.9. The SMILES string of the molecule is COc1cccc2c3c([nH]c12)C1(CCN(CCCC#N)CC1)NCC3. The van der Waals surface area contributed by atoms with Gasteiger partial charge in [0.15, 0.2) is 0 Å². The number of H-pyrrole nitrogens is 1. The summed E-state index contributed by atoms with van der Waals surface area (Å²) in [5.41, 5.74) is 4.03. The predicted octanol–water partition coefficient (Wildman–Crippen LogP) is 2.92. The number of benzene rings is 1. The van der Waals surface area contributed by atoms with E-state index in [0.717, 1.165) is 63.1 Å². The molecule has 1 fully saturated rings. The minimum absolute atomic E-state index is 0.0589. The second-order valence-corrected chi connectivity index (χ2v) is 7.22. The van der Waals surface area contributed by atoms with Crippen LogP contribution in [-0.4, -0.2) is 43.2 Å². The third-order valence-corrected chi connectivity index (χ3v) is 5.91. The van der Waals surface area contributed by atoms with Crippen LogP contribution in [-0.2, 0) is 12.0 Å². The van der Waals surface area contributed by atoms with Crippen LogP contribution in [0.1, 0.15) is 36.9 Å². The molecule has 2 aliphatic heterocycles. The third kappa shape index (κ3) is 2.80. The van der Waals surface area contributed by atoms with Crippen LogP contribution in [0.3, 0.4) is 0 Å². The zero-order chi connectivity index (χ0) is 17.3. The van der Waals surface area contributed by atoms with Gasteiger partial charge >= 0.3 is 0 Å². The lowest BCUT2D eigenvalue weighted by Crippen LogP contribution is -2.54. The summed E-state index contributed by atoms with van der Waals surface area (Å²) in [4.78, 5) is 6.22. The minimum Gasteiger partial charge on any atom is -0.495 e. The number of nitrogens with zero attached hydrogens (tertiary/aromatic N) is 2. The van der Waals surface area contributed by atoms with Crippen LogP contribution in [0, 0.1) is 11.3 Å². The third-order valence-electron chi connectivity index (χ3n) is 5.91. The Morgan fingerprint density at radius 2 is 2.16 bits per heavy atom. The number of unbranched alkanes of at least 4 members (excludes halogenated alkanes) is 1. The number of methoxy groups -OCH3 is 1. The average molecular weight is 338 g/mol. The van der Waals surface area contributed by atoms with Gasteiger partial charge in [-0.05, 0) is 43.9 Å². The molecule has 0 amide bonds. The van der Waals surface area contributed by atoms with Gasteiger partial charge in [-0.1, -0.05) is 12.1 Å². The van der Waals surface area contributed by atoms with E-state index in [2.05, 4.69) is 33.4 Å². The van der Waals surface area contributed by atoms with E-state index in [0.29, 0.717) is 6.42 Å². The summed E-state index contributed by atoms with van der Waals surface area (Å²) in [7, 11) is 1.74. The molecule has 0 saturated carbocycles. The standard InChI is InChI=1S/C20H26N4O/c1-25-17-6-4-5-15-16-7-11-22-20(19(16)23-18(15)17)8-13-24(14-9-20)12-3-2-10-21/h4-6,22-23H,2-3,7-9,11-14H2,1H3. The van der Waals surface area contributed by atoms with Crippen molar-refractivity contribution in [3.63, 3.8) is 0 Å². The van der Waals surface area contributed by atoms with E-state index in [-0.39, 0.29) is 5.54 Å². The summed E-state index contributed by atoms with van der Waals surface area (Å²) < 4.78 is 5.57. The van der Waals surface area contributed by atoms with Crippen LogP contribution in [0.5, 0.6) is 5.75 Å². The second-order valence-electron chi connectivity index (χ2n) is 7.22. The molecule has 2 aromatic rings. The lowest BCUT2D eigenvalue weighted by atomic mass is 9.79. The maximum atomic E-state index is 8.72. The number of hydrogen-bond acceptors (Lipinski definition) is 4. The van der Waals surface area contributed by atoms with Crippen molar-refractivity contribution in [2.75, 3.05) is 33.3 Å². The molecule has 3 heterocycles. The van der Waals surface area contributed by atoms with E-state index in [1.165, 1.54) is 16.6 Å². The van der Waals surface area contributed by atoms with E-state index < -0.39 is 0 Å². The molecule has 0 atom stereocenters.